The number of carboxylic acids is 1. The fourth-order valence-corrected chi connectivity index (χ4v) is 1.97. The lowest BCUT2D eigenvalue weighted by Crippen LogP contribution is -2.35. The molecule has 6 heteroatoms. The first-order valence-corrected chi connectivity index (χ1v) is 6.19. The number of H-pyrrole nitrogens is 1. The number of hydrogen-bond donors (Lipinski definition) is 3. The fraction of sp³-hybridized carbons (Fsp3) is 0.583. The molecule has 2 rings (SSSR count). The molecule has 1 amide bonds. The lowest BCUT2D eigenvalue weighted by atomic mass is 10.1. The molecule has 1 unspecified atom stereocenters. The molecule has 1 aromatic heterocycles. The largest absolute Gasteiger partial charge is 0.477 e. The monoisotopic (exact) mass is 251 g/mol. The number of carboxylic acid groups (broad SMARTS) is 1. The highest BCUT2D eigenvalue weighted by Crippen LogP contribution is 2.34. The van der Waals surface area contributed by atoms with Gasteiger partial charge in [0.05, 0.1) is 6.33 Å². The third-order valence-electron chi connectivity index (χ3n) is 3.21. The molecule has 1 aliphatic carbocycles. The standard InChI is InChI=1S/C12H17N3O3/c1-2-8(5-7-3-4-7)15-11(16)9-10(12(17)18)14-6-13-9/h6-8H,2-5H2,1H3,(H,13,14)(H,15,16)(H,17,18). The van der Waals surface area contributed by atoms with E-state index in [0.717, 1.165) is 12.8 Å². The number of aromatic carboxylic acids is 1. The second-order valence-corrected chi connectivity index (χ2v) is 4.69. The quantitative estimate of drug-likeness (QED) is 0.712. The molecule has 1 atom stereocenters. The molecule has 0 aliphatic heterocycles. The van der Waals surface area contributed by atoms with Gasteiger partial charge >= 0.3 is 5.97 Å². The van der Waals surface area contributed by atoms with Crippen molar-refractivity contribution in [3.05, 3.63) is 17.7 Å². The van der Waals surface area contributed by atoms with Crippen LogP contribution in [0, 0.1) is 5.92 Å². The summed E-state index contributed by atoms with van der Waals surface area (Å²) in [5.41, 5.74) is -0.203. The maximum atomic E-state index is 11.9. The third-order valence-corrected chi connectivity index (χ3v) is 3.21. The van der Waals surface area contributed by atoms with Crippen molar-refractivity contribution in [2.75, 3.05) is 0 Å². The van der Waals surface area contributed by atoms with Crippen LogP contribution in [-0.2, 0) is 0 Å². The minimum absolute atomic E-state index is 0.0447. The van der Waals surface area contributed by atoms with E-state index < -0.39 is 11.9 Å². The molecule has 98 valence electrons. The molecule has 1 aliphatic rings. The summed E-state index contributed by atoms with van der Waals surface area (Å²) in [4.78, 5) is 29.1. The summed E-state index contributed by atoms with van der Waals surface area (Å²) in [6.07, 6.45) is 5.49. The highest BCUT2D eigenvalue weighted by Gasteiger charge is 2.27. The van der Waals surface area contributed by atoms with Gasteiger partial charge in [-0.3, -0.25) is 4.79 Å². The minimum atomic E-state index is -1.17. The van der Waals surface area contributed by atoms with Crippen molar-refractivity contribution >= 4 is 11.9 Å². The Labute approximate surface area is 105 Å². The van der Waals surface area contributed by atoms with Gasteiger partial charge in [0.2, 0.25) is 0 Å². The SMILES string of the molecule is CCC(CC1CC1)NC(=O)c1nc[nH]c1C(=O)O. The molecule has 0 spiro atoms. The summed E-state index contributed by atoms with van der Waals surface area (Å²) in [7, 11) is 0. The summed E-state index contributed by atoms with van der Waals surface area (Å²) in [5, 5.41) is 11.7. The number of hydrogen-bond acceptors (Lipinski definition) is 3. The van der Waals surface area contributed by atoms with Crippen LogP contribution in [-0.4, -0.2) is 33.0 Å². The molecule has 0 aromatic carbocycles. The van der Waals surface area contributed by atoms with Gasteiger partial charge < -0.3 is 15.4 Å². The van der Waals surface area contributed by atoms with E-state index >= 15 is 0 Å². The normalized spacial score (nSPS) is 16.3. The van der Waals surface area contributed by atoms with Crippen LogP contribution in [0.25, 0.3) is 0 Å². The third kappa shape index (κ3) is 2.88. The highest BCUT2D eigenvalue weighted by molar-refractivity contribution is 6.02. The first-order chi connectivity index (χ1) is 8.61. The number of nitrogens with zero attached hydrogens (tertiary/aromatic N) is 1. The van der Waals surface area contributed by atoms with Crippen molar-refractivity contribution in [2.24, 2.45) is 5.92 Å². The van der Waals surface area contributed by atoms with Crippen LogP contribution in [0.5, 0.6) is 0 Å². The number of imidazole rings is 1. The maximum Gasteiger partial charge on any atom is 0.354 e. The molecule has 1 aromatic rings. The van der Waals surface area contributed by atoms with E-state index in [4.69, 9.17) is 5.11 Å². The Morgan fingerprint density at radius 2 is 2.33 bits per heavy atom. The summed E-state index contributed by atoms with van der Waals surface area (Å²) in [6.45, 7) is 2.01. The Bertz CT molecular complexity index is 451. The van der Waals surface area contributed by atoms with Crippen LogP contribution in [0.4, 0.5) is 0 Å². The molecule has 3 N–H and O–H groups in total. The number of carbonyl (C=O) groups excluding carboxylic acids is 1. The first kappa shape index (κ1) is 12.6. The second-order valence-electron chi connectivity index (χ2n) is 4.69. The van der Waals surface area contributed by atoms with Gasteiger partial charge in [-0.2, -0.15) is 0 Å². The Morgan fingerprint density at radius 1 is 1.61 bits per heavy atom. The van der Waals surface area contributed by atoms with Crippen molar-refractivity contribution in [1.29, 1.82) is 0 Å². The van der Waals surface area contributed by atoms with Crippen molar-refractivity contribution < 1.29 is 14.7 Å². The van der Waals surface area contributed by atoms with Crippen LogP contribution < -0.4 is 5.32 Å². The van der Waals surface area contributed by atoms with E-state index in [1.165, 1.54) is 19.2 Å². The first-order valence-electron chi connectivity index (χ1n) is 6.19. The smallest absolute Gasteiger partial charge is 0.354 e. The summed E-state index contributed by atoms with van der Waals surface area (Å²) in [5.74, 6) is -0.873. The number of nitrogens with one attached hydrogen (secondary N) is 2. The number of rotatable bonds is 6. The predicted molar refractivity (Wildman–Crippen MR) is 64.4 cm³/mol. The van der Waals surface area contributed by atoms with Gasteiger partial charge in [-0.05, 0) is 18.8 Å². The van der Waals surface area contributed by atoms with E-state index in [1.54, 1.807) is 0 Å². The lowest BCUT2D eigenvalue weighted by Gasteiger charge is -2.15. The van der Waals surface area contributed by atoms with Gasteiger partial charge in [0, 0.05) is 6.04 Å². The van der Waals surface area contributed by atoms with Crippen molar-refractivity contribution in [3.63, 3.8) is 0 Å². The number of aromatic nitrogens is 2. The van der Waals surface area contributed by atoms with Crippen LogP contribution in [0.3, 0.4) is 0 Å². The van der Waals surface area contributed by atoms with Gasteiger partial charge in [0.1, 0.15) is 0 Å². The Kier molecular flexibility index (Phi) is 3.64. The molecule has 0 bridgehead atoms. The molecule has 0 saturated heterocycles. The fourth-order valence-electron chi connectivity index (χ4n) is 1.97. The average molecular weight is 251 g/mol. The predicted octanol–water partition coefficient (Wildman–Crippen LogP) is 1.42. The Balaban J connectivity index is 2.00. The van der Waals surface area contributed by atoms with Gasteiger partial charge in [0.15, 0.2) is 11.4 Å². The molecule has 1 fully saturated rings. The van der Waals surface area contributed by atoms with E-state index in [9.17, 15) is 9.59 Å². The zero-order valence-corrected chi connectivity index (χ0v) is 10.3. The van der Waals surface area contributed by atoms with Gasteiger partial charge in [-0.1, -0.05) is 19.8 Å². The molecule has 0 radical (unpaired) electrons. The maximum absolute atomic E-state index is 11.9. The molecular weight excluding hydrogens is 234 g/mol. The van der Waals surface area contributed by atoms with Crippen molar-refractivity contribution in [2.45, 2.75) is 38.6 Å². The van der Waals surface area contributed by atoms with E-state index in [2.05, 4.69) is 15.3 Å². The van der Waals surface area contributed by atoms with Gasteiger partial charge in [-0.15, -0.1) is 0 Å². The minimum Gasteiger partial charge on any atom is -0.477 e. The van der Waals surface area contributed by atoms with Gasteiger partial charge in [0.25, 0.3) is 5.91 Å². The van der Waals surface area contributed by atoms with E-state index in [0.29, 0.717) is 5.92 Å². The summed E-state index contributed by atoms with van der Waals surface area (Å²) < 4.78 is 0. The van der Waals surface area contributed by atoms with Crippen LogP contribution >= 0.6 is 0 Å². The Hall–Kier alpha value is -1.85. The Morgan fingerprint density at radius 3 is 2.89 bits per heavy atom. The van der Waals surface area contributed by atoms with Crippen molar-refractivity contribution in [3.8, 4) is 0 Å². The number of aromatic amines is 1. The number of amides is 1. The molecule has 1 heterocycles. The van der Waals surface area contributed by atoms with E-state index in [-0.39, 0.29) is 17.4 Å². The molecular formula is C12H17N3O3. The van der Waals surface area contributed by atoms with Crippen LogP contribution in [0.15, 0.2) is 6.33 Å². The van der Waals surface area contributed by atoms with Gasteiger partial charge in [-0.25, -0.2) is 9.78 Å². The topological polar surface area (TPSA) is 95.1 Å². The summed E-state index contributed by atoms with van der Waals surface area (Å²) in [6, 6.07) is 0.100. The molecule has 1 saturated carbocycles. The van der Waals surface area contributed by atoms with Crippen molar-refractivity contribution in [1.82, 2.24) is 15.3 Å². The van der Waals surface area contributed by atoms with E-state index in [1.807, 2.05) is 6.92 Å². The molecule has 18 heavy (non-hydrogen) atoms. The zero-order valence-electron chi connectivity index (χ0n) is 10.3. The zero-order chi connectivity index (χ0) is 13.1. The van der Waals surface area contributed by atoms with Crippen LogP contribution in [0.2, 0.25) is 0 Å². The lowest BCUT2D eigenvalue weighted by molar-refractivity contribution is 0.0684. The van der Waals surface area contributed by atoms with Crippen LogP contribution in [0.1, 0.15) is 53.6 Å². The summed E-state index contributed by atoms with van der Waals surface area (Å²) >= 11 is 0. The number of carbonyl (C=O) groups is 2. The molecule has 6 nitrogen and oxygen atoms in total. The average Bonchev–Trinajstić information content (AvgIpc) is 3.00. The highest BCUT2D eigenvalue weighted by atomic mass is 16.4. The second kappa shape index (κ2) is 5.20.